The number of hydrogen-bond donors (Lipinski definition) is 2. The topological polar surface area (TPSA) is 55.1 Å². The quantitative estimate of drug-likeness (QED) is 0.774. The van der Waals surface area contributed by atoms with Gasteiger partial charge in [0.15, 0.2) is 0 Å². The van der Waals surface area contributed by atoms with Gasteiger partial charge in [-0.25, -0.2) is 0 Å². The van der Waals surface area contributed by atoms with Crippen molar-refractivity contribution in [3.63, 3.8) is 0 Å². The van der Waals surface area contributed by atoms with Gasteiger partial charge in [0.2, 0.25) is 5.91 Å². The summed E-state index contributed by atoms with van der Waals surface area (Å²) < 4.78 is 0. The van der Waals surface area contributed by atoms with E-state index in [2.05, 4.69) is 36.5 Å². The van der Waals surface area contributed by atoms with E-state index in [0.29, 0.717) is 12.0 Å². The van der Waals surface area contributed by atoms with E-state index < -0.39 is 0 Å². The summed E-state index contributed by atoms with van der Waals surface area (Å²) in [5.41, 5.74) is 6.79. The molecule has 0 spiro atoms. The van der Waals surface area contributed by atoms with Gasteiger partial charge in [-0.2, -0.15) is 0 Å². The number of rotatable bonds is 7. The Kier molecular flexibility index (Phi) is 4.37. The van der Waals surface area contributed by atoms with Gasteiger partial charge in [0, 0.05) is 12.0 Å². The van der Waals surface area contributed by atoms with Crippen molar-refractivity contribution in [1.82, 2.24) is 5.32 Å². The summed E-state index contributed by atoms with van der Waals surface area (Å²) in [6, 6.07) is 10.7. The Morgan fingerprint density at radius 1 is 1.44 bits per heavy atom. The van der Waals surface area contributed by atoms with Crippen molar-refractivity contribution in [2.75, 3.05) is 0 Å². The van der Waals surface area contributed by atoms with Gasteiger partial charge in [0.1, 0.15) is 0 Å². The summed E-state index contributed by atoms with van der Waals surface area (Å²) in [5, 5.41) is 3.40. The second kappa shape index (κ2) is 6.01. The zero-order chi connectivity index (χ0) is 13.0. The van der Waals surface area contributed by atoms with Gasteiger partial charge < -0.3 is 11.1 Å². The molecular weight excluding hydrogens is 224 g/mol. The standard InChI is InChI=1S/C15H22N2O/c1-2-3-9-13(15(16)18)17-14-10-12(14)11-7-5-4-6-8-11/h4-8,12-14,17H,2-3,9-10H2,1H3,(H2,16,18). The number of amides is 1. The van der Waals surface area contributed by atoms with Gasteiger partial charge >= 0.3 is 0 Å². The maximum Gasteiger partial charge on any atom is 0.234 e. The number of carbonyl (C=O) groups excluding carboxylic acids is 1. The molecule has 3 atom stereocenters. The molecular formula is C15H22N2O. The molecule has 18 heavy (non-hydrogen) atoms. The van der Waals surface area contributed by atoms with Crippen LogP contribution in [0.15, 0.2) is 30.3 Å². The molecule has 0 saturated heterocycles. The third kappa shape index (κ3) is 3.33. The molecule has 1 aromatic rings. The number of primary amides is 1. The first-order valence-electron chi connectivity index (χ1n) is 6.82. The molecule has 1 aliphatic rings. The molecule has 0 aromatic heterocycles. The van der Waals surface area contributed by atoms with E-state index in [1.807, 2.05) is 6.07 Å². The maximum atomic E-state index is 11.4. The van der Waals surface area contributed by atoms with Gasteiger partial charge in [-0.3, -0.25) is 4.79 Å². The summed E-state index contributed by atoms with van der Waals surface area (Å²) >= 11 is 0. The van der Waals surface area contributed by atoms with Crippen LogP contribution in [-0.4, -0.2) is 18.0 Å². The van der Waals surface area contributed by atoms with Crippen molar-refractivity contribution in [2.45, 2.75) is 50.6 Å². The lowest BCUT2D eigenvalue weighted by Crippen LogP contribution is -2.42. The molecule has 3 heteroatoms. The highest BCUT2D eigenvalue weighted by Crippen LogP contribution is 2.40. The minimum atomic E-state index is -0.220. The van der Waals surface area contributed by atoms with Crippen molar-refractivity contribution in [1.29, 1.82) is 0 Å². The smallest absolute Gasteiger partial charge is 0.234 e. The predicted molar refractivity (Wildman–Crippen MR) is 73.2 cm³/mol. The first-order chi connectivity index (χ1) is 8.72. The second-order valence-electron chi connectivity index (χ2n) is 5.12. The molecule has 1 aromatic carbocycles. The van der Waals surface area contributed by atoms with Crippen LogP contribution in [0.2, 0.25) is 0 Å². The monoisotopic (exact) mass is 246 g/mol. The van der Waals surface area contributed by atoms with Crippen LogP contribution >= 0.6 is 0 Å². The van der Waals surface area contributed by atoms with Crippen molar-refractivity contribution in [3.05, 3.63) is 35.9 Å². The van der Waals surface area contributed by atoms with Crippen LogP contribution in [-0.2, 0) is 4.79 Å². The Balaban J connectivity index is 1.85. The highest BCUT2D eigenvalue weighted by Gasteiger charge is 2.39. The Morgan fingerprint density at radius 2 is 2.17 bits per heavy atom. The molecule has 1 fully saturated rings. The van der Waals surface area contributed by atoms with Gasteiger partial charge in [-0.1, -0.05) is 50.1 Å². The maximum absolute atomic E-state index is 11.4. The van der Waals surface area contributed by atoms with Crippen molar-refractivity contribution in [2.24, 2.45) is 5.73 Å². The van der Waals surface area contributed by atoms with Gasteiger partial charge in [-0.05, 0) is 18.4 Å². The Morgan fingerprint density at radius 3 is 2.78 bits per heavy atom. The molecule has 0 bridgehead atoms. The van der Waals surface area contributed by atoms with Gasteiger partial charge in [0.25, 0.3) is 0 Å². The van der Waals surface area contributed by atoms with E-state index in [4.69, 9.17) is 5.73 Å². The average Bonchev–Trinajstić information content (AvgIpc) is 3.14. The number of nitrogens with two attached hydrogens (primary N) is 1. The molecule has 1 amide bonds. The molecule has 3 unspecified atom stereocenters. The van der Waals surface area contributed by atoms with Crippen molar-refractivity contribution >= 4 is 5.91 Å². The van der Waals surface area contributed by atoms with Crippen molar-refractivity contribution in [3.8, 4) is 0 Å². The number of unbranched alkanes of at least 4 members (excludes halogenated alkanes) is 1. The summed E-state index contributed by atoms with van der Waals surface area (Å²) in [7, 11) is 0. The Hall–Kier alpha value is -1.35. The second-order valence-corrected chi connectivity index (χ2v) is 5.12. The molecule has 98 valence electrons. The lowest BCUT2D eigenvalue weighted by Gasteiger charge is -2.15. The molecule has 3 N–H and O–H groups in total. The lowest BCUT2D eigenvalue weighted by molar-refractivity contribution is -0.120. The molecule has 1 aliphatic carbocycles. The van der Waals surface area contributed by atoms with E-state index in [9.17, 15) is 4.79 Å². The fourth-order valence-corrected chi connectivity index (χ4v) is 2.42. The summed E-state index contributed by atoms with van der Waals surface area (Å²) in [4.78, 5) is 11.4. The first-order valence-corrected chi connectivity index (χ1v) is 6.82. The van der Waals surface area contributed by atoms with Crippen LogP contribution < -0.4 is 11.1 Å². The minimum Gasteiger partial charge on any atom is -0.368 e. The third-order valence-corrected chi connectivity index (χ3v) is 3.62. The molecule has 1 saturated carbocycles. The van der Waals surface area contributed by atoms with E-state index in [1.165, 1.54) is 5.56 Å². The average molecular weight is 246 g/mol. The highest BCUT2D eigenvalue weighted by molar-refractivity contribution is 5.79. The van der Waals surface area contributed by atoms with Crippen LogP contribution in [0, 0.1) is 0 Å². The minimum absolute atomic E-state index is 0.163. The van der Waals surface area contributed by atoms with Crippen LogP contribution in [0.3, 0.4) is 0 Å². The first kappa shape index (κ1) is 13.1. The van der Waals surface area contributed by atoms with Gasteiger partial charge in [-0.15, -0.1) is 0 Å². The third-order valence-electron chi connectivity index (χ3n) is 3.62. The normalized spacial score (nSPS) is 23.6. The number of nitrogens with one attached hydrogen (secondary N) is 1. The van der Waals surface area contributed by atoms with Gasteiger partial charge in [0.05, 0.1) is 6.04 Å². The number of carbonyl (C=O) groups is 1. The fraction of sp³-hybridized carbons (Fsp3) is 0.533. The largest absolute Gasteiger partial charge is 0.368 e. The van der Waals surface area contributed by atoms with E-state index in [-0.39, 0.29) is 11.9 Å². The summed E-state index contributed by atoms with van der Waals surface area (Å²) in [5.74, 6) is 0.330. The number of benzene rings is 1. The lowest BCUT2D eigenvalue weighted by atomic mass is 10.1. The van der Waals surface area contributed by atoms with Crippen LogP contribution in [0.5, 0.6) is 0 Å². The van der Waals surface area contributed by atoms with Crippen LogP contribution in [0.1, 0.15) is 44.1 Å². The fourth-order valence-electron chi connectivity index (χ4n) is 2.42. The molecule has 3 nitrogen and oxygen atoms in total. The molecule has 0 aliphatic heterocycles. The molecule has 2 rings (SSSR count). The van der Waals surface area contributed by atoms with Crippen LogP contribution in [0.4, 0.5) is 0 Å². The van der Waals surface area contributed by atoms with Crippen molar-refractivity contribution < 1.29 is 4.79 Å². The Bertz CT molecular complexity index is 391. The van der Waals surface area contributed by atoms with E-state index in [0.717, 1.165) is 25.7 Å². The highest BCUT2D eigenvalue weighted by atomic mass is 16.1. The van der Waals surface area contributed by atoms with E-state index in [1.54, 1.807) is 0 Å². The zero-order valence-corrected chi connectivity index (χ0v) is 10.9. The van der Waals surface area contributed by atoms with Crippen LogP contribution in [0.25, 0.3) is 0 Å². The predicted octanol–water partition coefficient (Wildman–Crippen LogP) is 2.18. The number of hydrogen-bond acceptors (Lipinski definition) is 2. The zero-order valence-electron chi connectivity index (χ0n) is 10.9. The SMILES string of the molecule is CCCCC(NC1CC1c1ccccc1)C(N)=O. The summed E-state index contributed by atoms with van der Waals surface area (Å²) in [6.45, 7) is 2.13. The van der Waals surface area contributed by atoms with E-state index >= 15 is 0 Å². The molecule has 0 radical (unpaired) electrons. The Labute approximate surface area is 109 Å². The summed E-state index contributed by atoms with van der Waals surface area (Å²) in [6.07, 6.45) is 4.10. The molecule has 0 heterocycles.